The molecule has 0 unspecified atom stereocenters. The van der Waals surface area contributed by atoms with Gasteiger partial charge in [-0.25, -0.2) is 15.0 Å². The normalized spacial score (nSPS) is 10.5. The number of hydrogen-bond donors (Lipinski definition) is 2. The van der Waals surface area contributed by atoms with Crippen molar-refractivity contribution in [3.05, 3.63) is 50.7 Å². The van der Waals surface area contributed by atoms with Gasteiger partial charge in [0.1, 0.15) is 21.1 Å². The average Bonchev–Trinajstić information content (AvgIpc) is 3.33. The van der Waals surface area contributed by atoms with E-state index in [1.807, 2.05) is 0 Å². The third kappa shape index (κ3) is 5.43. The highest BCUT2D eigenvalue weighted by Gasteiger charge is 2.21. The third-order valence-corrected chi connectivity index (χ3v) is 6.57. The van der Waals surface area contributed by atoms with Crippen LogP contribution in [-0.4, -0.2) is 76.6 Å². The van der Waals surface area contributed by atoms with Crippen molar-refractivity contribution in [1.82, 2.24) is 24.8 Å². The predicted molar refractivity (Wildman–Crippen MR) is 130 cm³/mol. The Hall–Kier alpha value is -3.71. The zero-order chi connectivity index (χ0) is 25.2. The Kier molecular flexibility index (Phi) is 7.37. The summed E-state index contributed by atoms with van der Waals surface area (Å²) in [5.74, 6) is -1.56. The van der Waals surface area contributed by atoms with Crippen molar-refractivity contribution in [2.24, 2.45) is 0 Å². The van der Waals surface area contributed by atoms with E-state index in [4.69, 9.17) is 0 Å². The van der Waals surface area contributed by atoms with Gasteiger partial charge in [0.05, 0.1) is 11.4 Å². The van der Waals surface area contributed by atoms with Gasteiger partial charge in [-0.2, -0.15) is 0 Å². The summed E-state index contributed by atoms with van der Waals surface area (Å²) < 4.78 is 0. The molecule has 13 heteroatoms. The second kappa shape index (κ2) is 10.1. The first-order chi connectivity index (χ1) is 16.0. The zero-order valence-electron chi connectivity index (χ0n) is 19.4. The van der Waals surface area contributed by atoms with Crippen molar-refractivity contribution in [2.75, 3.05) is 38.8 Å². The maximum atomic E-state index is 12.7. The molecule has 0 saturated heterocycles. The number of carbonyl (C=O) groups excluding carboxylic acids is 4. The van der Waals surface area contributed by atoms with Crippen molar-refractivity contribution in [3.8, 4) is 0 Å². The van der Waals surface area contributed by atoms with E-state index in [9.17, 15) is 19.2 Å². The molecule has 0 saturated carbocycles. The summed E-state index contributed by atoms with van der Waals surface area (Å²) in [6.07, 6.45) is 0. The number of hydrogen-bond acceptors (Lipinski definition) is 9. The van der Waals surface area contributed by atoms with Gasteiger partial charge in [-0.05, 0) is 26.0 Å². The summed E-state index contributed by atoms with van der Waals surface area (Å²) in [6, 6.07) is 4.44. The van der Waals surface area contributed by atoms with E-state index in [1.165, 1.54) is 28.0 Å². The molecule has 2 N–H and O–H groups in total. The monoisotopic (exact) mass is 501 g/mol. The lowest BCUT2D eigenvalue weighted by Crippen LogP contribution is -2.21. The van der Waals surface area contributed by atoms with E-state index in [0.717, 1.165) is 22.7 Å². The first-order valence-electron chi connectivity index (χ1n) is 9.95. The maximum absolute atomic E-state index is 12.7. The quantitative estimate of drug-likeness (QED) is 0.529. The molecule has 0 atom stereocenters. The molecule has 0 aliphatic rings. The minimum atomic E-state index is -0.573. The molecule has 0 bridgehead atoms. The molecule has 0 aliphatic carbocycles. The number of aromatic nitrogens is 3. The highest BCUT2D eigenvalue weighted by atomic mass is 32.1. The Bertz CT molecular complexity index is 1190. The Balaban J connectivity index is 1.74. The number of anilines is 2. The molecule has 0 radical (unpaired) electrons. The first-order valence-corrected chi connectivity index (χ1v) is 11.6. The van der Waals surface area contributed by atoms with Crippen LogP contribution in [0.25, 0.3) is 0 Å². The van der Waals surface area contributed by atoms with Crippen LogP contribution in [0.1, 0.15) is 51.7 Å². The second-order valence-corrected chi connectivity index (χ2v) is 9.58. The molecular formula is C21H23N7O4S2. The van der Waals surface area contributed by atoms with Gasteiger partial charge in [0.25, 0.3) is 23.6 Å². The minimum absolute atomic E-state index is 0.000201. The SMILES string of the molecule is Cc1nc(NC(=O)c2cccc(C(=O)Nc3nc(C)c(C(=O)N(C)C)s3)n2)sc1C(=O)N(C)C. The smallest absolute Gasteiger partial charge is 0.276 e. The van der Waals surface area contributed by atoms with E-state index in [0.29, 0.717) is 21.1 Å². The van der Waals surface area contributed by atoms with Crippen molar-refractivity contribution in [1.29, 1.82) is 0 Å². The topological polar surface area (TPSA) is 137 Å². The van der Waals surface area contributed by atoms with Crippen molar-refractivity contribution in [2.45, 2.75) is 13.8 Å². The molecule has 0 fully saturated rings. The van der Waals surface area contributed by atoms with Crippen molar-refractivity contribution in [3.63, 3.8) is 0 Å². The molecule has 178 valence electrons. The molecule has 0 spiro atoms. The molecule has 3 aromatic heterocycles. The van der Waals surface area contributed by atoms with Crippen LogP contribution in [0.3, 0.4) is 0 Å². The van der Waals surface area contributed by atoms with Crippen LogP contribution in [0, 0.1) is 13.8 Å². The fraction of sp³-hybridized carbons (Fsp3) is 0.286. The van der Waals surface area contributed by atoms with E-state index in [2.05, 4.69) is 25.6 Å². The summed E-state index contributed by atoms with van der Waals surface area (Å²) >= 11 is 2.12. The molecule has 0 aromatic carbocycles. The van der Waals surface area contributed by atoms with E-state index in [1.54, 1.807) is 42.0 Å². The molecule has 34 heavy (non-hydrogen) atoms. The van der Waals surface area contributed by atoms with Gasteiger partial charge in [-0.15, -0.1) is 0 Å². The van der Waals surface area contributed by atoms with Crippen LogP contribution in [0.2, 0.25) is 0 Å². The zero-order valence-corrected chi connectivity index (χ0v) is 21.1. The Labute approximate surface area is 203 Å². The van der Waals surface area contributed by atoms with Crippen LogP contribution in [0.4, 0.5) is 10.3 Å². The van der Waals surface area contributed by atoms with Crippen LogP contribution < -0.4 is 10.6 Å². The first kappa shape index (κ1) is 24.9. The highest BCUT2D eigenvalue weighted by Crippen LogP contribution is 2.25. The molecule has 3 rings (SSSR count). The van der Waals surface area contributed by atoms with E-state index in [-0.39, 0.29) is 33.5 Å². The molecule has 3 heterocycles. The summed E-state index contributed by atoms with van der Waals surface area (Å²) in [5.41, 5.74) is 1.01. The van der Waals surface area contributed by atoms with Gasteiger partial charge in [-0.1, -0.05) is 28.7 Å². The largest absolute Gasteiger partial charge is 0.344 e. The van der Waals surface area contributed by atoms with Crippen LogP contribution in [0.5, 0.6) is 0 Å². The van der Waals surface area contributed by atoms with Crippen LogP contribution >= 0.6 is 22.7 Å². The van der Waals surface area contributed by atoms with Gasteiger partial charge < -0.3 is 9.80 Å². The molecule has 4 amide bonds. The van der Waals surface area contributed by atoms with Crippen molar-refractivity contribution >= 4 is 56.6 Å². The maximum Gasteiger partial charge on any atom is 0.276 e. The number of carbonyl (C=O) groups is 4. The predicted octanol–water partition coefficient (Wildman–Crippen LogP) is 2.52. The van der Waals surface area contributed by atoms with E-state index >= 15 is 0 Å². The van der Waals surface area contributed by atoms with Crippen LogP contribution in [-0.2, 0) is 0 Å². The number of rotatable bonds is 6. The number of nitrogens with one attached hydrogen (secondary N) is 2. The number of pyridine rings is 1. The van der Waals surface area contributed by atoms with Gasteiger partial charge in [-0.3, -0.25) is 29.8 Å². The fourth-order valence-electron chi connectivity index (χ4n) is 2.71. The Morgan fingerprint density at radius 1 is 0.706 bits per heavy atom. The van der Waals surface area contributed by atoms with Gasteiger partial charge in [0, 0.05) is 28.2 Å². The van der Waals surface area contributed by atoms with Gasteiger partial charge in [0.2, 0.25) is 0 Å². The average molecular weight is 502 g/mol. The minimum Gasteiger partial charge on any atom is -0.344 e. The molecule has 11 nitrogen and oxygen atoms in total. The number of aryl methyl sites for hydroxylation is 2. The van der Waals surface area contributed by atoms with Gasteiger partial charge >= 0.3 is 0 Å². The second-order valence-electron chi connectivity index (χ2n) is 7.58. The fourth-order valence-corrected chi connectivity index (χ4v) is 4.68. The van der Waals surface area contributed by atoms with Crippen molar-refractivity contribution < 1.29 is 19.2 Å². The van der Waals surface area contributed by atoms with Crippen LogP contribution in [0.15, 0.2) is 18.2 Å². The standard InChI is InChI=1S/C21H23N7O4S2/c1-10-14(18(31)27(3)4)33-20(22-10)25-16(29)12-8-7-9-13(24-12)17(30)26-21-23-11(2)15(34-21)19(32)28(5)6/h7-9H,1-6H3,(H,22,25,29)(H,23,26,30). The molecule has 0 aliphatic heterocycles. The molecular weight excluding hydrogens is 478 g/mol. The lowest BCUT2D eigenvalue weighted by atomic mass is 10.3. The Morgan fingerprint density at radius 3 is 1.44 bits per heavy atom. The summed E-state index contributed by atoms with van der Waals surface area (Å²) in [6.45, 7) is 3.37. The Morgan fingerprint density at radius 2 is 1.09 bits per heavy atom. The highest BCUT2D eigenvalue weighted by molar-refractivity contribution is 7.18. The lowest BCUT2D eigenvalue weighted by molar-refractivity contribution is 0.0824. The number of amides is 4. The third-order valence-electron chi connectivity index (χ3n) is 4.45. The summed E-state index contributed by atoms with van der Waals surface area (Å²) in [5, 5.41) is 5.73. The van der Waals surface area contributed by atoms with Gasteiger partial charge in [0.15, 0.2) is 10.3 Å². The summed E-state index contributed by atoms with van der Waals surface area (Å²) in [7, 11) is 6.53. The number of nitrogens with zero attached hydrogens (tertiary/aromatic N) is 5. The molecule has 3 aromatic rings. The number of thiazole rings is 2. The summed E-state index contributed by atoms with van der Waals surface area (Å²) in [4.78, 5) is 66.0. The lowest BCUT2D eigenvalue weighted by Gasteiger charge is -2.07. The van der Waals surface area contributed by atoms with E-state index < -0.39 is 11.8 Å².